The lowest BCUT2D eigenvalue weighted by molar-refractivity contribution is -0.160. The molecule has 0 aliphatic carbocycles. The molecule has 0 spiro atoms. The van der Waals surface area contributed by atoms with Crippen molar-refractivity contribution in [2.24, 2.45) is 17.8 Å². The molecule has 5 N–H and O–H groups in total. The number of methoxy groups -OCH3 is 1. The minimum absolute atomic E-state index is 0.106. The molecule has 0 aromatic heterocycles. The van der Waals surface area contributed by atoms with Gasteiger partial charge in [0.2, 0.25) is 0 Å². The Morgan fingerprint density at radius 1 is 0.909 bits per heavy atom. The van der Waals surface area contributed by atoms with Crippen molar-refractivity contribution >= 4 is 11.9 Å². The van der Waals surface area contributed by atoms with E-state index in [1.807, 2.05) is 26.0 Å². The first kappa shape index (κ1) is 40.2. The van der Waals surface area contributed by atoms with Crippen LogP contribution in [0.15, 0.2) is 23.8 Å². The highest BCUT2D eigenvalue weighted by molar-refractivity contribution is 5.84. The van der Waals surface area contributed by atoms with Crippen LogP contribution in [0.5, 0.6) is 0 Å². The van der Waals surface area contributed by atoms with E-state index in [4.69, 9.17) is 9.47 Å². The van der Waals surface area contributed by atoms with Crippen molar-refractivity contribution < 1.29 is 39.5 Å². The summed E-state index contributed by atoms with van der Waals surface area (Å²) in [4.78, 5) is 25.7. The number of aliphatic hydroxyl groups is 4. The Morgan fingerprint density at radius 3 is 2.30 bits per heavy atom. The minimum atomic E-state index is -1.17. The Balaban J connectivity index is 2.95. The van der Waals surface area contributed by atoms with Gasteiger partial charge in [-0.15, -0.1) is 0 Å². The van der Waals surface area contributed by atoms with Crippen LogP contribution in [-0.2, 0) is 19.1 Å². The smallest absolute Gasteiger partial charge is 0.309 e. The molecule has 1 amide bonds. The first-order valence-electron chi connectivity index (χ1n) is 17.1. The van der Waals surface area contributed by atoms with E-state index in [9.17, 15) is 30.0 Å². The standard InChI is InChI=1S/C35H63NO8/c1-6-12-33-34(41)36-23-30(38)22-32(40)31(39)20-19-28(24-43-5)16-10-14-27(7-2)15-11-18-29(37)17-9-8-13-25(3)21-26(4)35(42)44-33/h10,14,16,25-27,29-33,37-40H,6-9,11-13,15,17-24H2,1-5H3,(H,36,41)/b14-10+,28-16-/t25-,26-,27+,29-,30-,31+,32-,33-/m0/s1. The molecule has 9 heteroatoms. The number of cyclic esters (lactones) is 1. The van der Waals surface area contributed by atoms with E-state index in [1.54, 1.807) is 7.11 Å². The van der Waals surface area contributed by atoms with Crippen LogP contribution in [0.3, 0.4) is 0 Å². The molecule has 9 nitrogen and oxygen atoms in total. The second-order valence-electron chi connectivity index (χ2n) is 12.9. The van der Waals surface area contributed by atoms with Crippen molar-refractivity contribution in [3.63, 3.8) is 0 Å². The van der Waals surface area contributed by atoms with Crippen LogP contribution in [-0.4, -0.2) is 83.1 Å². The van der Waals surface area contributed by atoms with Gasteiger partial charge < -0.3 is 35.2 Å². The number of amides is 1. The summed E-state index contributed by atoms with van der Waals surface area (Å²) >= 11 is 0. The van der Waals surface area contributed by atoms with E-state index in [-0.39, 0.29) is 25.0 Å². The number of rotatable bonds is 5. The number of allylic oxidation sites excluding steroid dienone is 3. The molecular formula is C35H63NO8. The van der Waals surface area contributed by atoms with E-state index >= 15 is 0 Å². The van der Waals surface area contributed by atoms with Gasteiger partial charge in [-0.3, -0.25) is 9.59 Å². The summed E-state index contributed by atoms with van der Waals surface area (Å²) in [6, 6.07) is 0. The Bertz CT molecular complexity index is 847. The highest BCUT2D eigenvalue weighted by Gasteiger charge is 2.27. The van der Waals surface area contributed by atoms with Gasteiger partial charge in [0.05, 0.1) is 36.9 Å². The third-order valence-electron chi connectivity index (χ3n) is 8.66. The van der Waals surface area contributed by atoms with Gasteiger partial charge in [-0.2, -0.15) is 0 Å². The van der Waals surface area contributed by atoms with Crippen molar-refractivity contribution in [2.45, 2.75) is 148 Å². The highest BCUT2D eigenvalue weighted by Crippen LogP contribution is 2.22. The predicted octanol–water partition coefficient (Wildman–Crippen LogP) is 4.99. The molecule has 0 aromatic carbocycles. The van der Waals surface area contributed by atoms with Gasteiger partial charge in [-0.05, 0) is 68.8 Å². The minimum Gasteiger partial charge on any atom is -0.452 e. The van der Waals surface area contributed by atoms with E-state index in [0.29, 0.717) is 50.5 Å². The maximum Gasteiger partial charge on any atom is 0.309 e. The van der Waals surface area contributed by atoms with E-state index in [0.717, 1.165) is 56.9 Å². The van der Waals surface area contributed by atoms with E-state index < -0.39 is 36.3 Å². The van der Waals surface area contributed by atoms with Crippen molar-refractivity contribution in [3.05, 3.63) is 23.8 Å². The summed E-state index contributed by atoms with van der Waals surface area (Å²) in [6.45, 7) is 8.29. The molecule has 1 aliphatic heterocycles. The quantitative estimate of drug-likeness (QED) is 0.269. The van der Waals surface area contributed by atoms with Gasteiger partial charge in [0, 0.05) is 20.1 Å². The number of carbonyl (C=O) groups is 2. The van der Waals surface area contributed by atoms with Crippen LogP contribution in [0.2, 0.25) is 0 Å². The van der Waals surface area contributed by atoms with Gasteiger partial charge in [-0.1, -0.05) is 78.0 Å². The average molecular weight is 626 g/mol. The Labute approximate surface area is 266 Å². The van der Waals surface area contributed by atoms with Crippen molar-refractivity contribution in [3.8, 4) is 0 Å². The summed E-state index contributed by atoms with van der Waals surface area (Å²) in [6.07, 6.45) is 11.5. The maximum atomic E-state index is 12.8. The fraction of sp³-hybridized carbons (Fsp3) is 0.829. The van der Waals surface area contributed by atoms with Gasteiger partial charge in [0.25, 0.3) is 5.91 Å². The lowest BCUT2D eigenvalue weighted by Gasteiger charge is -2.23. The van der Waals surface area contributed by atoms with Gasteiger partial charge in [0.1, 0.15) is 0 Å². The molecular weight excluding hydrogens is 562 g/mol. The molecule has 1 aliphatic rings. The van der Waals surface area contributed by atoms with Crippen LogP contribution in [0, 0.1) is 17.8 Å². The Morgan fingerprint density at radius 2 is 1.61 bits per heavy atom. The fourth-order valence-electron chi connectivity index (χ4n) is 5.76. The van der Waals surface area contributed by atoms with Gasteiger partial charge in [0.15, 0.2) is 6.10 Å². The lowest BCUT2D eigenvalue weighted by Crippen LogP contribution is -2.43. The zero-order chi connectivity index (χ0) is 32.9. The van der Waals surface area contributed by atoms with Crippen LogP contribution in [0.25, 0.3) is 0 Å². The average Bonchev–Trinajstić information content (AvgIpc) is 2.98. The zero-order valence-corrected chi connectivity index (χ0v) is 28.1. The summed E-state index contributed by atoms with van der Waals surface area (Å²) in [7, 11) is 1.62. The van der Waals surface area contributed by atoms with Gasteiger partial charge in [-0.25, -0.2) is 0 Å². The van der Waals surface area contributed by atoms with E-state index in [2.05, 4.69) is 25.2 Å². The summed E-state index contributed by atoms with van der Waals surface area (Å²) < 4.78 is 10.9. The molecule has 0 saturated carbocycles. The number of hydrogen-bond donors (Lipinski definition) is 5. The number of carbonyl (C=O) groups excluding carboxylic acids is 2. The topological polar surface area (TPSA) is 146 Å². The molecule has 0 bridgehead atoms. The summed E-state index contributed by atoms with van der Waals surface area (Å²) in [5.41, 5.74) is 0.987. The Kier molecular flexibility index (Phi) is 21.5. The Hall–Kier alpha value is -1.78. The number of hydrogen-bond acceptors (Lipinski definition) is 8. The molecule has 0 fully saturated rings. The summed E-state index contributed by atoms with van der Waals surface area (Å²) in [5.74, 6) is -0.511. The van der Waals surface area contributed by atoms with Crippen molar-refractivity contribution in [1.82, 2.24) is 5.32 Å². The highest BCUT2D eigenvalue weighted by atomic mass is 16.5. The van der Waals surface area contributed by atoms with Crippen molar-refractivity contribution in [2.75, 3.05) is 20.3 Å². The third kappa shape index (κ3) is 17.6. The first-order valence-corrected chi connectivity index (χ1v) is 17.1. The third-order valence-corrected chi connectivity index (χ3v) is 8.66. The number of esters is 1. The second-order valence-corrected chi connectivity index (χ2v) is 12.9. The summed E-state index contributed by atoms with van der Waals surface area (Å²) in [5, 5.41) is 44.7. The number of ether oxygens (including phenoxy) is 2. The molecule has 0 unspecified atom stereocenters. The van der Waals surface area contributed by atoms with Gasteiger partial charge >= 0.3 is 5.97 Å². The van der Waals surface area contributed by atoms with Crippen molar-refractivity contribution in [1.29, 1.82) is 0 Å². The molecule has 44 heavy (non-hydrogen) atoms. The number of nitrogens with one attached hydrogen (secondary N) is 1. The number of β-amino-alcohol motifs (C(OH)–C–C–N with tert-alkyl or cyclic N) is 1. The number of aliphatic hydroxyl groups excluding tert-OH is 4. The first-order chi connectivity index (χ1) is 21.0. The van der Waals surface area contributed by atoms with E-state index in [1.165, 1.54) is 0 Å². The SMILES string of the molecule is CCC[C@@H]1OC(=O)[C@@H](C)C[C@@H](C)CCCC[C@H](O)CCC[C@H](CC)/C=C/C=C(\COC)CC[C@@H](O)[C@@H](O)C[C@H](O)CNC1=O. The maximum absolute atomic E-state index is 12.8. The molecule has 1 rings (SSSR count). The largest absolute Gasteiger partial charge is 0.452 e. The molecule has 0 aromatic rings. The lowest BCUT2D eigenvalue weighted by atomic mass is 9.92. The molecule has 256 valence electrons. The fourth-order valence-corrected chi connectivity index (χ4v) is 5.76. The molecule has 8 atom stereocenters. The second kappa shape index (κ2) is 23.5. The zero-order valence-electron chi connectivity index (χ0n) is 28.1. The normalized spacial score (nSPS) is 34.4. The van der Waals surface area contributed by atoms with Crippen LogP contribution < -0.4 is 5.32 Å². The predicted molar refractivity (Wildman–Crippen MR) is 174 cm³/mol. The molecule has 0 radical (unpaired) electrons. The molecule has 1 heterocycles. The van der Waals surface area contributed by atoms with Crippen LogP contribution in [0.4, 0.5) is 0 Å². The van der Waals surface area contributed by atoms with Crippen LogP contribution in [0.1, 0.15) is 118 Å². The molecule has 0 saturated heterocycles. The monoisotopic (exact) mass is 625 g/mol. The van der Waals surface area contributed by atoms with Crippen LogP contribution >= 0.6 is 0 Å².